The van der Waals surface area contributed by atoms with Crippen molar-refractivity contribution in [2.45, 2.75) is 39.7 Å². The smallest absolute Gasteiger partial charge is 0.251 e. The van der Waals surface area contributed by atoms with Crippen LogP contribution in [0.4, 0.5) is 0 Å². The molecule has 162 valence electrons. The van der Waals surface area contributed by atoms with Crippen molar-refractivity contribution < 1.29 is 14.4 Å². The van der Waals surface area contributed by atoms with E-state index in [2.05, 4.69) is 10.6 Å². The summed E-state index contributed by atoms with van der Waals surface area (Å²) in [6, 6.07) is 6.66. The van der Waals surface area contributed by atoms with Crippen LogP contribution in [0.15, 0.2) is 24.3 Å². The normalized spacial score (nSPS) is 17.3. The van der Waals surface area contributed by atoms with Crippen LogP contribution < -0.4 is 16.4 Å². The van der Waals surface area contributed by atoms with Crippen LogP contribution in [0, 0.1) is 18.8 Å². The molecule has 0 radical (unpaired) electrons. The summed E-state index contributed by atoms with van der Waals surface area (Å²) in [5, 5.41) is 5.69. The van der Waals surface area contributed by atoms with Gasteiger partial charge in [-0.3, -0.25) is 14.4 Å². The highest BCUT2D eigenvalue weighted by Crippen LogP contribution is 2.19. The molecular formula is C21H33ClN4O3. The largest absolute Gasteiger partial charge is 0.355 e. The van der Waals surface area contributed by atoms with Crippen molar-refractivity contribution in [1.29, 1.82) is 0 Å². The number of hydrogen-bond acceptors (Lipinski definition) is 4. The molecule has 4 N–H and O–H groups in total. The van der Waals surface area contributed by atoms with E-state index in [1.165, 1.54) is 0 Å². The molecular weight excluding hydrogens is 392 g/mol. The zero-order valence-electron chi connectivity index (χ0n) is 17.4. The van der Waals surface area contributed by atoms with Crippen molar-refractivity contribution >= 4 is 30.1 Å². The predicted molar refractivity (Wildman–Crippen MR) is 116 cm³/mol. The minimum atomic E-state index is -0.626. The third-order valence-corrected chi connectivity index (χ3v) is 5.05. The molecule has 1 heterocycles. The van der Waals surface area contributed by atoms with E-state index in [9.17, 15) is 14.4 Å². The number of nitrogens with zero attached hydrogens (tertiary/aromatic N) is 1. The van der Waals surface area contributed by atoms with Crippen molar-refractivity contribution in [2.75, 3.05) is 26.2 Å². The first kappa shape index (κ1) is 24.9. The Morgan fingerprint density at radius 3 is 2.62 bits per heavy atom. The maximum absolute atomic E-state index is 13.1. The maximum atomic E-state index is 13.1. The number of halogens is 1. The SMILES string of the molecule is Cc1cccc(C(=O)NC(C(=O)N2CCCC(C(=O)NCCN)C2)C(C)C)c1.Cl. The molecule has 1 aliphatic heterocycles. The average Bonchev–Trinajstić information content (AvgIpc) is 2.69. The van der Waals surface area contributed by atoms with Gasteiger partial charge in [-0.15, -0.1) is 12.4 Å². The van der Waals surface area contributed by atoms with Gasteiger partial charge in [-0.1, -0.05) is 31.5 Å². The van der Waals surface area contributed by atoms with Crippen LogP contribution in [0.1, 0.15) is 42.6 Å². The summed E-state index contributed by atoms with van der Waals surface area (Å²) in [5.74, 6) is -0.748. The van der Waals surface area contributed by atoms with Crippen molar-refractivity contribution in [3.63, 3.8) is 0 Å². The molecule has 0 aliphatic carbocycles. The number of benzene rings is 1. The molecule has 3 amide bonds. The lowest BCUT2D eigenvalue weighted by Crippen LogP contribution is -2.54. The van der Waals surface area contributed by atoms with Crippen LogP contribution in [0.5, 0.6) is 0 Å². The van der Waals surface area contributed by atoms with Crippen LogP contribution in [0.2, 0.25) is 0 Å². The first-order valence-electron chi connectivity index (χ1n) is 9.97. The Morgan fingerprint density at radius 1 is 1.28 bits per heavy atom. The Labute approximate surface area is 179 Å². The van der Waals surface area contributed by atoms with Crippen molar-refractivity contribution in [2.24, 2.45) is 17.6 Å². The van der Waals surface area contributed by atoms with E-state index in [-0.39, 0.29) is 42.0 Å². The van der Waals surface area contributed by atoms with E-state index in [4.69, 9.17) is 5.73 Å². The van der Waals surface area contributed by atoms with E-state index in [1.807, 2.05) is 32.9 Å². The van der Waals surface area contributed by atoms with Crippen LogP contribution in [-0.2, 0) is 9.59 Å². The highest BCUT2D eigenvalue weighted by atomic mass is 35.5. The zero-order chi connectivity index (χ0) is 20.7. The second-order valence-corrected chi connectivity index (χ2v) is 7.77. The summed E-state index contributed by atoms with van der Waals surface area (Å²) >= 11 is 0. The second kappa shape index (κ2) is 11.8. The topological polar surface area (TPSA) is 105 Å². The van der Waals surface area contributed by atoms with Crippen LogP contribution in [-0.4, -0.2) is 54.8 Å². The maximum Gasteiger partial charge on any atom is 0.251 e. The monoisotopic (exact) mass is 424 g/mol. The number of hydrogen-bond donors (Lipinski definition) is 3. The molecule has 0 aromatic heterocycles. The Morgan fingerprint density at radius 2 is 2.00 bits per heavy atom. The molecule has 1 aromatic rings. The molecule has 29 heavy (non-hydrogen) atoms. The molecule has 0 spiro atoms. The number of carbonyl (C=O) groups excluding carboxylic acids is 3. The number of carbonyl (C=O) groups is 3. The number of rotatable bonds is 7. The van der Waals surface area contributed by atoms with Gasteiger partial charge in [-0.25, -0.2) is 0 Å². The van der Waals surface area contributed by atoms with Gasteiger partial charge in [-0.2, -0.15) is 0 Å². The van der Waals surface area contributed by atoms with E-state index < -0.39 is 6.04 Å². The molecule has 1 fully saturated rings. The lowest BCUT2D eigenvalue weighted by Gasteiger charge is -2.35. The average molecular weight is 425 g/mol. The Balaban J connectivity index is 0.00000420. The van der Waals surface area contributed by atoms with E-state index in [0.717, 1.165) is 18.4 Å². The van der Waals surface area contributed by atoms with E-state index in [1.54, 1.807) is 17.0 Å². The number of piperidine rings is 1. The lowest BCUT2D eigenvalue weighted by molar-refractivity contribution is -0.138. The number of likely N-dealkylation sites (tertiary alicyclic amines) is 1. The molecule has 0 saturated carbocycles. The number of nitrogens with one attached hydrogen (secondary N) is 2. The lowest BCUT2D eigenvalue weighted by atomic mass is 9.94. The minimum absolute atomic E-state index is 0. The second-order valence-electron chi connectivity index (χ2n) is 7.77. The molecule has 7 nitrogen and oxygen atoms in total. The van der Waals surface area contributed by atoms with Crippen molar-refractivity contribution in [3.05, 3.63) is 35.4 Å². The summed E-state index contributed by atoms with van der Waals surface area (Å²) < 4.78 is 0. The first-order valence-corrected chi connectivity index (χ1v) is 9.97. The fourth-order valence-electron chi connectivity index (χ4n) is 3.45. The van der Waals surface area contributed by atoms with Crippen molar-refractivity contribution in [3.8, 4) is 0 Å². The van der Waals surface area contributed by atoms with Crippen molar-refractivity contribution in [1.82, 2.24) is 15.5 Å². The van der Waals surface area contributed by atoms with Gasteiger partial charge in [0.05, 0.1) is 5.92 Å². The van der Waals surface area contributed by atoms with Gasteiger partial charge >= 0.3 is 0 Å². The van der Waals surface area contributed by atoms with Gasteiger partial charge in [0.2, 0.25) is 11.8 Å². The van der Waals surface area contributed by atoms with Gasteiger partial charge in [0.1, 0.15) is 6.04 Å². The molecule has 2 unspecified atom stereocenters. The summed E-state index contributed by atoms with van der Waals surface area (Å²) in [5.41, 5.74) is 6.97. The molecule has 2 atom stereocenters. The molecule has 2 rings (SSSR count). The van der Waals surface area contributed by atoms with Gasteiger partial charge < -0.3 is 21.3 Å². The van der Waals surface area contributed by atoms with E-state index in [0.29, 0.717) is 31.7 Å². The van der Waals surface area contributed by atoms with Gasteiger partial charge in [0.25, 0.3) is 5.91 Å². The van der Waals surface area contributed by atoms with Crippen LogP contribution in [0.25, 0.3) is 0 Å². The fraction of sp³-hybridized carbons (Fsp3) is 0.571. The Bertz CT molecular complexity index is 711. The van der Waals surface area contributed by atoms with E-state index >= 15 is 0 Å². The highest BCUT2D eigenvalue weighted by molar-refractivity contribution is 5.97. The number of nitrogens with two attached hydrogens (primary N) is 1. The van der Waals surface area contributed by atoms with Gasteiger partial charge in [-0.05, 0) is 37.8 Å². The van der Waals surface area contributed by atoms with Crippen LogP contribution in [0.3, 0.4) is 0 Å². The third kappa shape index (κ3) is 7.01. The third-order valence-electron chi connectivity index (χ3n) is 5.05. The fourth-order valence-corrected chi connectivity index (χ4v) is 3.45. The molecule has 1 aliphatic rings. The number of amides is 3. The summed E-state index contributed by atoms with van der Waals surface area (Å²) in [6.07, 6.45) is 1.52. The molecule has 0 bridgehead atoms. The first-order chi connectivity index (χ1) is 13.3. The van der Waals surface area contributed by atoms with Crippen LogP contribution >= 0.6 is 12.4 Å². The highest BCUT2D eigenvalue weighted by Gasteiger charge is 2.33. The Kier molecular flexibility index (Phi) is 10.1. The quantitative estimate of drug-likeness (QED) is 0.616. The molecule has 1 saturated heterocycles. The minimum Gasteiger partial charge on any atom is -0.355 e. The summed E-state index contributed by atoms with van der Waals surface area (Å²) in [6.45, 7) is 7.54. The predicted octanol–water partition coefficient (Wildman–Crippen LogP) is 1.48. The summed E-state index contributed by atoms with van der Waals surface area (Å²) in [4.78, 5) is 39.7. The van der Waals surface area contributed by atoms with Gasteiger partial charge in [0.15, 0.2) is 0 Å². The standard InChI is InChI=1S/C21H32N4O3.ClH/c1-14(2)18(24-20(27)16-7-4-6-15(3)12-16)21(28)25-11-5-8-17(13-25)19(26)23-10-9-22;/h4,6-7,12,14,17-18H,5,8-11,13,22H2,1-3H3,(H,23,26)(H,24,27);1H. The Hall–Kier alpha value is -2.12. The summed E-state index contributed by atoms with van der Waals surface area (Å²) in [7, 11) is 0. The molecule has 1 aromatic carbocycles. The molecule has 8 heteroatoms. The van der Waals surface area contributed by atoms with Gasteiger partial charge in [0, 0.05) is 31.7 Å². The number of aryl methyl sites for hydroxylation is 1. The zero-order valence-corrected chi connectivity index (χ0v) is 18.3.